The van der Waals surface area contributed by atoms with Crippen molar-refractivity contribution in [1.29, 1.82) is 5.26 Å². The lowest BCUT2D eigenvalue weighted by molar-refractivity contribution is -0.291. The molecule has 0 saturated carbocycles. The third-order valence-electron chi connectivity index (χ3n) is 2.24. The molecule has 1 aromatic carbocycles. The Morgan fingerprint density at radius 1 is 1.17 bits per heavy atom. The van der Waals surface area contributed by atoms with Gasteiger partial charge in [0, 0.05) is 0 Å². The van der Waals surface area contributed by atoms with Gasteiger partial charge in [-0.3, -0.25) is 0 Å². The van der Waals surface area contributed by atoms with E-state index in [0.29, 0.717) is 18.2 Å². The van der Waals surface area contributed by atoms with Crippen LogP contribution in [0.15, 0.2) is 18.2 Å². The topological polar surface area (TPSA) is 49.8 Å². The normalized spacial score (nSPS) is 14.1. The number of nitrogens with zero attached hydrogens (tertiary/aromatic N) is 1. The van der Waals surface area contributed by atoms with Gasteiger partial charge in [0.25, 0.3) is 0 Å². The molecule has 8 heteroatoms. The molecule has 1 atom stereocenters. The fourth-order valence-electron chi connectivity index (χ4n) is 1.21. The van der Waals surface area contributed by atoms with Gasteiger partial charge in [-0.05, 0) is 17.7 Å². The van der Waals surface area contributed by atoms with Crippen molar-refractivity contribution >= 4 is 0 Å². The highest BCUT2D eigenvalue weighted by Crippen LogP contribution is 2.43. The maximum absolute atomic E-state index is 12.9. The maximum atomic E-state index is 12.9. The molecule has 2 N–H and O–H groups in total. The summed E-state index contributed by atoms with van der Waals surface area (Å²) in [7, 11) is 0. The molecule has 1 aromatic rings. The summed E-state index contributed by atoms with van der Waals surface area (Å²) in [6.45, 7) is 0. The van der Waals surface area contributed by atoms with Gasteiger partial charge in [0.2, 0.25) is 0 Å². The van der Waals surface area contributed by atoms with Crippen molar-refractivity contribution in [3.8, 4) is 6.07 Å². The number of nitrogens with two attached hydrogens (primary N) is 1. The first-order valence-corrected chi connectivity index (χ1v) is 4.51. The van der Waals surface area contributed by atoms with Crippen molar-refractivity contribution in [2.24, 2.45) is 5.73 Å². The second kappa shape index (κ2) is 4.49. The molecule has 1 rings (SSSR count). The number of halogens is 6. The minimum atomic E-state index is -5.83. The van der Waals surface area contributed by atoms with E-state index in [2.05, 4.69) is 0 Å². The zero-order valence-electron chi connectivity index (χ0n) is 8.60. The molecule has 0 saturated heterocycles. The zero-order chi connectivity index (χ0) is 14.1. The van der Waals surface area contributed by atoms with Crippen LogP contribution in [0.4, 0.5) is 26.3 Å². The van der Waals surface area contributed by atoms with Crippen LogP contribution < -0.4 is 5.73 Å². The van der Waals surface area contributed by atoms with Crippen LogP contribution >= 0.6 is 0 Å². The Hall–Kier alpha value is -1.75. The van der Waals surface area contributed by atoms with E-state index in [9.17, 15) is 26.3 Å². The van der Waals surface area contributed by atoms with Crippen LogP contribution in [0.5, 0.6) is 0 Å². The van der Waals surface area contributed by atoms with Crippen molar-refractivity contribution < 1.29 is 26.3 Å². The number of hydrogen-bond acceptors (Lipinski definition) is 2. The van der Waals surface area contributed by atoms with E-state index < -0.39 is 35.1 Å². The van der Waals surface area contributed by atoms with E-state index in [0.717, 1.165) is 0 Å². The van der Waals surface area contributed by atoms with Gasteiger partial charge in [-0.15, -0.1) is 0 Å². The number of rotatable bonds is 2. The summed E-state index contributed by atoms with van der Waals surface area (Å²) >= 11 is 0. The van der Waals surface area contributed by atoms with Crippen molar-refractivity contribution in [2.45, 2.75) is 18.1 Å². The van der Waals surface area contributed by atoms with Crippen molar-refractivity contribution in [1.82, 2.24) is 0 Å². The molecular formula is C10H6F6N2. The van der Waals surface area contributed by atoms with Crippen molar-refractivity contribution in [3.63, 3.8) is 0 Å². The minimum absolute atomic E-state index is 0.569. The van der Waals surface area contributed by atoms with Gasteiger partial charge in [0.15, 0.2) is 0 Å². The number of alkyl halides is 5. The van der Waals surface area contributed by atoms with Crippen molar-refractivity contribution in [3.05, 3.63) is 35.1 Å². The highest BCUT2D eigenvalue weighted by Gasteiger charge is 2.61. The Kier molecular flexibility index (Phi) is 3.57. The molecule has 2 nitrogen and oxygen atoms in total. The molecular weight excluding hydrogens is 262 g/mol. The maximum Gasteiger partial charge on any atom is 0.455 e. The summed E-state index contributed by atoms with van der Waals surface area (Å²) in [5.41, 5.74) is 3.51. The zero-order valence-corrected chi connectivity index (χ0v) is 8.60. The lowest BCUT2D eigenvalue weighted by Gasteiger charge is -2.26. The molecule has 0 aromatic heterocycles. The van der Waals surface area contributed by atoms with Crippen LogP contribution in [-0.4, -0.2) is 12.1 Å². The Bertz CT molecular complexity index is 488. The fourth-order valence-corrected chi connectivity index (χ4v) is 1.21. The highest BCUT2D eigenvalue weighted by molar-refractivity contribution is 5.36. The number of hydrogen-bond donors (Lipinski definition) is 1. The second-order valence-electron chi connectivity index (χ2n) is 3.45. The first-order valence-electron chi connectivity index (χ1n) is 4.51. The van der Waals surface area contributed by atoms with Crippen LogP contribution in [0.1, 0.15) is 17.2 Å². The van der Waals surface area contributed by atoms with Crippen LogP contribution in [0.3, 0.4) is 0 Å². The van der Waals surface area contributed by atoms with Gasteiger partial charge in [0.1, 0.15) is 17.9 Å². The molecule has 0 aliphatic heterocycles. The van der Waals surface area contributed by atoms with E-state index in [4.69, 9.17) is 11.0 Å². The van der Waals surface area contributed by atoms with Gasteiger partial charge >= 0.3 is 12.1 Å². The summed E-state index contributed by atoms with van der Waals surface area (Å²) in [5, 5.41) is 8.45. The summed E-state index contributed by atoms with van der Waals surface area (Å²) in [6, 6.07) is 0.482. The summed E-state index contributed by atoms with van der Waals surface area (Å²) in [6.07, 6.45) is -5.83. The first kappa shape index (κ1) is 14.3. The summed E-state index contributed by atoms with van der Waals surface area (Å²) < 4.78 is 74.9. The average molecular weight is 268 g/mol. The van der Waals surface area contributed by atoms with Crippen LogP contribution in [-0.2, 0) is 0 Å². The predicted molar refractivity (Wildman–Crippen MR) is 49.0 cm³/mol. The molecule has 0 radical (unpaired) electrons. The quantitative estimate of drug-likeness (QED) is 0.838. The lowest BCUT2D eigenvalue weighted by Crippen LogP contribution is -2.45. The van der Waals surface area contributed by atoms with E-state index in [-0.39, 0.29) is 0 Å². The minimum Gasteiger partial charge on any atom is -0.319 e. The molecule has 0 aliphatic carbocycles. The van der Waals surface area contributed by atoms with E-state index in [1.54, 1.807) is 0 Å². The van der Waals surface area contributed by atoms with Crippen molar-refractivity contribution in [2.75, 3.05) is 0 Å². The smallest absolute Gasteiger partial charge is 0.319 e. The molecule has 0 unspecified atom stereocenters. The molecule has 0 spiro atoms. The first-order chi connectivity index (χ1) is 8.11. The molecule has 0 amide bonds. The van der Waals surface area contributed by atoms with Gasteiger partial charge in [-0.2, -0.15) is 27.2 Å². The average Bonchev–Trinajstić information content (AvgIpc) is 2.27. The van der Waals surface area contributed by atoms with Crippen LogP contribution in [0.25, 0.3) is 0 Å². The standard InChI is InChI=1S/C10H6F6N2/c11-7-2-1-5(3-6(7)4-17)8(18)9(12,13)10(14,15)16/h1-3,8H,18H2/t8-/m0/s1. The Morgan fingerprint density at radius 2 is 1.72 bits per heavy atom. The number of benzene rings is 1. The van der Waals surface area contributed by atoms with E-state index in [1.165, 1.54) is 6.07 Å². The van der Waals surface area contributed by atoms with Crippen LogP contribution in [0.2, 0.25) is 0 Å². The van der Waals surface area contributed by atoms with Gasteiger partial charge in [0.05, 0.1) is 5.56 Å². The Morgan fingerprint density at radius 3 is 2.17 bits per heavy atom. The lowest BCUT2D eigenvalue weighted by atomic mass is 9.99. The summed E-state index contributed by atoms with van der Waals surface area (Å²) in [5.74, 6) is -6.19. The molecule has 98 valence electrons. The fraction of sp³-hybridized carbons (Fsp3) is 0.300. The number of nitriles is 1. The van der Waals surface area contributed by atoms with Gasteiger partial charge in [-0.1, -0.05) is 6.07 Å². The molecule has 0 bridgehead atoms. The van der Waals surface area contributed by atoms with Gasteiger partial charge < -0.3 is 5.73 Å². The molecule has 0 fully saturated rings. The van der Waals surface area contributed by atoms with Gasteiger partial charge in [-0.25, -0.2) is 4.39 Å². The van der Waals surface area contributed by atoms with E-state index in [1.807, 2.05) is 0 Å². The van der Waals surface area contributed by atoms with E-state index >= 15 is 0 Å². The predicted octanol–water partition coefficient (Wildman–Crippen LogP) is 2.89. The Balaban J connectivity index is 3.20. The molecule has 0 heterocycles. The SMILES string of the molecule is N#Cc1cc([C@H](N)C(F)(F)C(F)(F)F)ccc1F. The summed E-state index contributed by atoms with van der Waals surface area (Å²) in [4.78, 5) is 0. The largest absolute Gasteiger partial charge is 0.455 e. The highest BCUT2D eigenvalue weighted by atomic mass is 19.4. The monoisotopic (exact) mass is 268 g/mol. The molecule has 0 aliphatic rings. The third kappa shape index (κ3) is 2.41. The Labute approximate surface area is 97.6 Å². The van der Waals surface area contributed by atoms with Crippen LogP contribution in [0, 0.1) is 17.1 Å². The second-order valence-corrected chi connectivity index (χ2v) is 3.45. The molecule has 18 heavy (non-hydrogen) atoms. The third-order valence-corrected chi connectivity index (χ3v) is 2.24.